The minimum absolute atomic E-state index is 0.0489. The van der Waals surface area contributed by atoms with Gasteiger partial charge in [-0.2, -0.15) is 23.7 Å². The molecule has 0 saturated carbocycles. The summed E-state index contributed by atoms with van der Waals surface area (Å²) in [4.78, 5) is 0. The lowest BCUT2D eigenvalue weighted by Gasteiger charge is -2.12. The minimum atomic E-state index is -4.53. The maximum Gasteiger partial charge on any atom is 0.437 e. The molecule has 0 aliphatic carbocycles. The van der Waals surface area contributed by atoms with Crippen molar-refractivity contribution in [3.63, 3.8) is 0 Å². The van der Waals surface area contributed by atoms with Crippen molar-refractivity contribution in [3.8, 4) is 0 Å². The van der Waals surface area contributed by atoms with E-state index < -0.39 is 11.9 Å². The first kappa shape index (κ1) is 13.6. The molecule has 1 aliphatic heterocycles. The molecule has 1 aromatic rings. The maximum atomic E-state index is 13.0. The van der Waals surface area contributed by atoms with E-state index in [9.17, 15) is 13.2 Å². The normalized spacial score (nSPS) is 15.8. The molecule has 2 rings (SSSR count). The molecule has 0 unspecified atom stereocenters. The Morgan fingerprint density at radius 1 is 1.21 bits per heavy atom. The Morgan fingerprint density at radius 2 is 1.89 bits per heavy atom. The minimum Gasteiger partial charge on any atom is -0.234 e. The van der Waals surface area contributed by atoms with Crippen LogP contribution in [0.3, 0.4) is 0 Å². The number of halogens is 3. The van der Waals surface area contributed by atoms with Gasteiger partial charge in [-0.05, 0) is 25.8 Å². The van der Waals surface area contributed by atoms with Gasteiger partial charge < -0.3 is 0 Å². The van der Waals surface area contributed by atoms with Gasteiger partial charge in [0.15, 0.2) is 5.71 Å². The fourth-order valence-electron chi connectivity index (χ4n) is 1.93. The molecular weight excluding hydrogens is 257 g/mol. The van der Waals surface area contributed by atoms with Crippen LogP contribution >= 0.6 is 0 Å². The summed E-state index contributed by atoms with van der Waals surface area (Å²) in [5.74, 6) is 0. The van der Waals surface area contributed by atoms with Gasteiger partial charge in [0.25, 0.3) is 0 Å². The van der Waals surface area contributed by atoms with Gasteiger partial charge in [-0.3, -0.25) is 0 Å². The topological polar surface area (TPSA) is 44.3 Å². The molecule has 1 radical (unpaired) electrons. The number of hydrogen-bond donors (Lipinski definition) is 0. The van der Waals surface area contributed by atoms with Crippen LogP contribution in [0.2, 0.25) is 0 Å². The third-order valence-corrected chi connectivity index (χ3v) is 2.88. The molecule has 0 fully saturated rings. The van der Waals surface area contributed by atoms with Gasteiger partial charge in [0.2, 0.25) is 0 Å². The molecule has 0 amide bonds. The highest BCUT2D eigenvalue weighted by molar-refractivity contribution is 6.23. The molecule has 103 valence electrons. The van der Waals surface area contributed by atoms with Crippen LogP contribution in [0.15, 0.2) is 16.9 Å². The standard InChI is InChI=1S/C12H14F3N4/c1-4-8-6-7(3)19(18-8)10-9(5-2)16-17-11(10)12(13,14)15/h6H,4-5H2,1-3H3. The molecule has 1 aromatic heterocycles. The highest BCUT2D eigenvalue weighted by atomic mass is 19.4. The highest BCUT2D eigenvalue weighted by Crippen LogP contribution is 2.31. The summed E-state index contributed by atoms with van der Waals surface area (Å²) in [6.07, 6.45) is -3.49. The Bertz CT molecular complexity index is 552. The van der Waals surface area contributed by atoms with Crippen molar-refractivity contribution in [2.75, 3.05) is 0 Å². The molecule has 0 aromatic carbocycles. The van der Waals surface area contributed by atoms with Crippen molar-refractivity contribution in [3.05, 3.63) is 23.2 Å². The van der Waals surface area contributed by atoms with Crippen molar-refractivity contribution < 1.29 is 13.2 Å². The van der Waals surface area contributed by atoms with Gasteiger partial charge in [-0.15, -0.1) is 5.10 Å². The van der Waals surface area contributed by atoms with Crippen molar-refractivity contribution in [1.82, 2.24) is 15.2 Å². The lowest BCUT2D eigenvalue weighted by atomic mass is 10.2. The number of hydrogen-bond acceptors (Lipinski definition) is 2. The van der Waals surface area contributed by atoms with Crippen LogP contribution in [0, 0.1) is 6.92 Å². The summed E-state index contributed by atoms with van der Waals surface area (Å²) < 4.78 is 40.2. The lowest BCUT2D eigenvalue weighted by Crippen LogP contribution is -2.26. The summed E-state index contributed by atoms with van der Waals surface area (Å²) >= 11 is 0. The summed E-state index contributed by atoms with van der Waals surface area (Å²) in [6.45, 7) is 5.37. The summed E-state index contributed by atoms with van der Waals surface area (Å²) in [5, 5.41) is 7.47. The second-order valence-corrected chi connectivity index (χ2v) is 4.24. The van der Waals surface area contributed by atoms with E-state index in [1.807, 2.05) is 6.92 Å². The molecule has 7 heteroatoms. The van der Waals surface area contributed by atoms with Gasteiger partial charge in [-0.1, -0.05) is 13.8 Å². The average molecular weight is 271 g/mol. The third kappa shape index (κ3) is 2.36. The van der Waals surface area contributed by atoms with Crippen molar-refractivity contribution >= 4 is 11.4 Å². The van der Waals surface area contributed by atoms with E-state index in [-0.39, 0.29) is 5.70 Å². The Labute approximate surface area is 109 Å². The van der Waals surface area contributed by atoms with Crippen LogP contribution in [-0.2, 0) is 6.42 Å². The molecule has 0 spiro atoms. The molecule has 0 atom stereocenters. The molecule has 19 heavy (non-hydrogen) atoms. The number of nitrogens with zero attached hydrogens (tertiary/aromatic N) is 4. The first-order valence-electron chi connectivity index (χ1n) is 6.03. The zero-order valence-corrected chi connectivity index (χ0v) is 10.9. The Hall–Kier alpha value is -1.79. The van der Waals surface area contributed by atoms with E-state index in [4.69, 9.17) is 0 Å². The van der Waals surface area contributed by atoms with E-state index in [1.54, 1.807) is 19.9 Å². The van der Waals surface area contributed by atoms with Crippen molar-refractivity contribution in [1.29, 1.82) is 0 Å². The zero-order chi connectivity index (χ0) is 14.2. The largest absolute Gasteiger partial charge is 0.437 e. The predicted octanol–water partition coefficient (Wildman–Crippen LogP) is 2.87. The van der Waals surface area contributed by atoms with Gasteiger partial charge in [0.05, 0.1) is 11.4 Å². The van der Waals surface area contributed by atoms with Gasteiger partial charge in [0.1, 0.15) is 5.70 Å². The highest BCUT2D eigenvalue weighted by Gasteiger charge is 2.44. The van der Waals surface area contributed by atoms with E-state index >= 15 is 0 Å². The molecule has 0 bridgehead atoms. The van der Waals surface area contributed by atoms with E-state index in [0.29, 0.717) is 24.2 Å². The maximum absolute atomic E-state index is 13.0. The Balaban J connectivity index is 2.55. The average Bonchev–Trinajstić information content (AvgIpc) is 2.90. The van der Waals surface area contributed by atoms with Crippen molar-refractivity contribution in [2.24, 2.45) is 5.10 Å². The number of alkyl halides is 3. The molecule has 0 saturated heterocycles. The summed E-state index contributed by atoms with van der Waals surface area (Å²) in [7, 11) is 0. The van der Waals surface area contributed by atoms with Gasteiger partial charge in [-0.25, -0.2) is 4.68 Å². The van der Waals surface area contributed by atoms with Crippen LogP contribution in [0.5, 0.6) is 0 Å². The second kappa shape index (κ2) is 4.71. The third-order valence-electron chi connectivity index (χ3n) is 2.88. The van der Waals surface area contributed by atoms with E-state index in [0.717, 1.165) is 5.69 Å². The monoisotopic (exact) mass is 271 g/mol. The number of aryl methyl sites for hydroxylation is 2. The first-order chi connectivity index (χ1) is 8.88. The Morgan fingerprint density at radius 3 is 2.37 bits per heavy atom. The molecule has 4 nitrogen and oxygen atoms in total. The van der Waals surface area contributed by atoms with Gasteiger partial charge >= 0.3 is 6.18 Å². The van der Waals surface area contributed by atoms with Gasteiger partial charge in [0, 0.05) is 5.69 Å². The number of allylic oxidation sites excluding steroid dienone is 2. The zero-order valence-electron chi connectivity index (χ0n) is 10.9. The predicted molar refractivity (Wildman–Crippen MR) is 65.5 cm³/mol. The first-order valence-corrected chi connectivity index (χ1v) is 6.03. The van der Waals surface area contributed by atoms with E-state index in [2.05, 4.69) is 15.6 Å². The summed E-state index contributed by atoms with van der Waals surface area (Å²) in [5.41, 5.74) is 4.30. The Kier molecular flexibility index (Phi) is 3.38. The smallest absolute Gasteiger partial charge is 0.234 e. The molecule has 1 aliphatic rings. The number of aromatic nitrogens is 2. The quantitative estimate of drug-likeness (QED) is 0.833. The molecular formula is C12H14F3N4. The SMILES string of the molecule is CCC1=C(n2nc(CC)cc2C)C(C(F)(F)F)=N[N]1. The number of rotatable bonds is 3. The van der Waals surface area contributed by atoms with E-state index in [1.165, 1.54) is 4.68 Å². The van der Waals surface area contributed by atoms with Crippen molar-refractivity contribution in [2.45, 2.75) is 39.8 Å². The second-order valence-electron chi connectivity index (χ2n) is 4.24. The van der Waals surface area contributed by atoms with Crippen LogP contribution in [0.4, 0.5) is 13.2 Å². The fourth-order valence-corrected chi connectivity index (χ4v) is 1.93. The summed E-state index contributed by atoms with van der Waals surface area (Å²) in [6, 6.07) is 1.77. The molecule has 2 heterocycles. The van der Waals surface area contributed by atoms with Crippen LogP contribution in [0.25, 0.3) is 5.70 Å². The van der Waals surface area contributed by atoms with Crippen LogP contribution in [0.1, 0.15) is 31.7 Å². The lowest BCUT2D eigenvalue weighted by molar-refractivity contribution is -0.0574. The molecule has 0 N–H and O–H groups in total. The van der Waals surface area contributed by atoms with Crippen LogP contribution < -0.4 is 5.43 Å². The van der Waals surface area contributed by atoms with Crippen LogP contribution in [-0.4, -0.2) is 21.7 Å². The fraction of sp³-hybridized carbons (Fsp3) is 0.500.